The smallest absolute Gasteiger partial charge is 0.339 e. The van der Waals surface area contributed by atoms with Crippen molar-refractivity contribution in [1.29, 1.82) is 5.26 Å². The summed E-state index contributed by atoms with van der Waals surface area (Å²) in [6.07, 6.45) is 0. The number of nitrogens with one attached hydrogen (secondary N) is 1. The van der Waals surface area contributed by atoms with Gasteiger partial charge in [0.25, 0.3) is 5.91 Å². The largest absolute Gasteiger partial charge is 0.452 e. The number of carbonyl (C=O) groups is 2. The Labute approximate surface area is 164 Å². The summed E-state index contributed by atoms with van der Waals surface area (Å²) in [5.41, 5.74) is 2.45. The molecule has 0 unspecified atom stereocenters. The summed E-state index contributed by atoms with van der Waals surface area (Å²) < 4.78 is 20.3. The summed E-state index contributed by atoms with van der Waals surface area (Å²) in [4.78, 5) is 24.2. The number of aromatic nitrogens is 1. The zero-order chi connectivity index (χ0) is 20.3. The number of nitriles is 1. The van der Waals surface area contributed by atoms with E-state index in [1.807, 2.05) is 0 Å². The van der Waals surface area contributed by atoms with Gasteiger partial charge in [0.1, 0.15) is 17.7 Å². The molecule has 0 aliphatic carbocycles. The number of benzene rings is 1. The van der Waals surface area contributed by atoms with Crippen LogP contribution in [0.1, 0.15) is 27.2 Å². The van der Waals surface area contributed by atoms with E-state index >= 15 is 0 Å². The van der Waals surface area contributed by atoms with Gasteiger partial charge in [-0.25, -0.2) is 9.18 Å². The summed E-state index contributed by atoms with van der Waals surface area (Å²) in [5.74, 6) is -1.44. The lowest BCUT2D eigenvalue weighted by molar-refractivity contribution is -0.119. The number of rotatable bonds is 5. The molecule has 0 bridgehead atoms. The van der Waals surface area contributed by atoms with Crippen molar-refractivity contribution >= 4 is 29.0 Å². The summed E-state index contributed by atoms with van der Waals surface area (Å²) in [5, 5.41) is 15.5. The van der Waals surface area contributed by atoms with E-state index in [0.717, 1.165) is 0 Å². The van der Waals surface area contributed by atoms with Crippen LogP contribution in [-0.4, -0.2) is 23.1 Å². The molecule has 1 N–H and O–H groups in total. The van der Waals surface area contributed by atoms with Gasteiger partial charge in [-0.3, -0.25) is 9.36 Å². The third kappa shape index (κ3) is 3.80. The Hall–Kier alpha value is -3.44. The van der Waals surface area contributed by atoms with Gasteiger partial charge in [0, 0.05) is 11.1 Å². The minimum absolute atomic E-state index is 0.208. The van der Waals surface area contributed by atoms with Gasteiger partial charge in [0.15, 0.2) is 6.61 Å². The van der Waals surface area contributed by atoms with Crippen LogP contribution in [0.3, 0.4) is 0 Å². The lowest BCUT2D eigenvalue weighted by Crippen LogP contribution is -2.22. The number of amides is 1. The number of nitrogens with zero attached hydrogens (tertiary/aromatic N) is 2. The fraction of sp³-hybridized carbons (Fsp3) is 0.150. The number of hydrogen-bond donors (Lipinski definition) is 1. The van der Waals surface area contributed by atoms with Crippen LogP contribution in [0, 0.1) is 31.0 Å². The Bertz CT molecular complexity index is 1080. The molecule has 2 aromatic heterocycles. The van der Waals surface area contributed by atoms with Crippen LogP contribution in [-0.2, 0) is 9.53 Å². The SMILES string of the molecule is Cc1c(C#N)c(NC(=O)COC(=O)c2ccsc2)n(-c2cccc(F)c2)c1C. The highest BCUT2D eigenvalue weighted by Gasteiger charge is 2.21. The number of esters is 1. The quantitative estimate of drug-likeness (QED) is 0.661. The molecular weight excluding hydrogens is 381 g/mol. The molecule has 28 heavy (non-hydrogen) atoms. The van der Waals surface area contributed by atoms with Gasteiger partial charge >= 0.3 is 5.97 Å². The van der Waals surface area contributed by atoms with Gasteiger partial charge in [-0.15, -0.1) is 0 Å². The van der Waals surface area contributed by atoms with Crippen molar-refractivity contribution in [3.63, 3.8) is 0 Å². The molecule has 6 nitrogen and oxygen atoms in total. The van der Waals surface area contributed by atoms with Gasteiger partial charge < -0.3 is 10.1 Å². The molecule has 8 heteroatoms. The fourth-order valence-electron chi connectivity index (χ4n) is 2.76. The lowest BCUT2D eigenvalue weighted by atomic mass is 10.2. The molecule has 2 heterocycles. The van der Waals surface area contributed by atoms with Gasteiger partial charge in [0.2, 0.25) is 0 Å². The maximum Gasteiger partial charge on any atom is 0.339 e. The minimum Gasteiger partial charge on any atom is -0.452 e. The summed E-state index contributed by atoms with van der Waals surface area (Å²) >= 11 is 1.34. The Morgan fingerprint density at radius 2 is 2.11 bits per heavy atom. The van der Waals surface area contributed by atoms with E-state index in [2.05, 4.69) is 11.4 Å². The topological polar surface area (TPSA) is 84.1 Å². The molecule has 0 aliphatic rings. The Balaban J connectivity index is 1.86. The number of anilines is 1. The predicted molar refractivity (Wildman–Crippen MR) is 103 cm³/mol. The van der Waals surface area contributed by atoms with E-state index in [1.54, 1.807) is 47.4 Å². The molecule has 0 spiro atoms. The monoisotopic (exact) mass is 397 g/mol. The van der Waals surface area contributed by atoms with Gasteiger partial charge in [0.05, 0.1) is 16.8 Å². The Kier molecular flexibility index (Phi) is 5.57. The van der Waals surface area contributed by atoms with E-state index in [4.69, 9.17) is 4.74 Å². The molecule has 0 radical (unpaired) electrons. The van der Waals surface area contributed by atoms with E-state index < -0.39 is 24.3 Å². The number of thiophene rings is 1. The van der Waals surface area contributed by atoms with Crippen LogP contribution >= 0.6 is 11.3 Å². The van der Waals surface area contributed by atoms with E-state index in [0.29, 0.717) is 22.5 Å². The van der Waals surface area contributed by atoms with Crippen molar-refractivity contribution in [2.24, 2.45) is 0 Å². The third-order valence-electron chi connectivity index (χ3n) is 4.24. The van der Waals surface area contributed by atoms with Gasteiger partial charge in [-0.2, -0.15) is 16.6 Å². The Morgan fingerprint density at radius 3 is 2.75 bits per heavy atom. The molecule has 3 rings (SSSR count). The first-order chi connectivity index (χ1) is 13.4. The first kappa shape index (κ1) is 19.3. The van der Waals surface area contributed by atoms with Crippen LogP contribution in [0.25, 0.3) is 5.69 Å². The lowest BCUT2D eigenvalue weighted by Gasteiger charge is -2.13. The molecule has 0 atom stereocenters. The normalized spacial score (nSPS) is 10.4. The maximum atomic E-state index is 13.7. The number of hydrogen-bond acceptors (Lipinski definition) is 5. The number of halogens is 1. The van der Waals surface area contributed by atoms with Crippen molar-refractivity contribution in [2.75, 3.05) is 11.9 Å². The van der Waals surface area contributed by atoms with Crippen molar-refractivity contribution < 1.29 is 18.7 Å². The summed E-state index contributed by atoms with van der Waals surface area (Å²) in [7, 11) is 0. The second-order valence-corrected chi connectivity index (χ2v) is 6.78. The Morgan fingerprint density at radius 1 is 1.32 bits per heavy atom. The first-order valence-corrected chi connectivity index (χ1v) is 9.23. The van der Waals surface area contributed by atoms with Gasteiger partial charge in [-0.1, -0.05) is 6.07 Å². The van der Waals surface area contributed by atoms with Crippen molar-refractivity contribution in [3.8, 4) is 11.8 Å². The van der Waals surface area contributed by atoms with Crippen LogP contribution in [0.4, 0.5) is 10.2 Å². The van der Waals surface area contributed by atoms with E-state index in [1.165, 1.54) is 23.5 Å². The summed E-state index contributed by atoms with van der Waals surface area (Å²) in [6, 6.07) is 9.49. The average Bonchev–Trinajstić information content (AvgIpc) is 3.28. The molecule has 0 aliphatic heterocycles. The van der Waals surface area contributed by atoms with Crippen LogP contribution in [0.15, 0.2) is 41.1 Å². The van der Waals surface area contributed by atoms with Crippen molar-refractivity contribution in [2.45, 2.75) is 13.8 Å². The molecular formula is C20H16FN3O3S. The predicted octanol–water partition coefficient (Wildman–Crippen LogP) is 3.96. The molecule has 1 amide bonds. The first-order valence-electron chi connectivity index (χ1n) is 8.29. The molecule has 142 valence electrons. The van der Waals surface area contributed by atoms with E-state index in [-0.39, 0.29) is 11.4 Å². The maximum absolute atomic E-state index is 13.7. The van der Waals surface area contributed by atoms with E-state index in [9.17, 15) is 19.2 Å². The van der Waals surface area contributed by atoms with Crippen LogP contribution in [0.2, 0.25) is 0 Å². The molecule has 0 saturated carbocycles. The standard InChI is InChI=1S/C20H16FN3O3S/c1-12-13(2)24(16-5-3-4-15(21)8-16)19(17(12)9-22)23-18(25)10-27-20(26)14-6-7-28-11-14/h3-8,11H,10H2,1-2H3,(H,23,25). The molecule has 1 aromatic carbocycles. The number of carbonyl (C=O) groups excluding carboxylic acids is 2. The van der Waals surface area contributed by atoms with Crippen molar-refractivity contribution in [3.05, 3.63) is 69.3 Å². The van der Waals surface area contributed by atoms with Crippen LogP contribution in [0.5, 0.6) is 0 Å². The molecule has 0 fully saturated rings. The zero-order valence-corrected chi connectivity index (χ0v) is 16.0. The summed E-state index contributed by atoms with van der Waals surface area (Å²) in [6.45, 7) is 3.01. The second kappa shape index (κ2) is 8.06. The fourth-order valence-corrected chi connectivity index (χ4v) is 3.39. The highest BCUT2D eigenvalue weighted by Crippen LogP contribution is 2.30. The second-order valence-electron chi connectivity index (χ2n) is 6.00. The number of ether oxygens (including phenoxy) is 1. The highest BCUT2D eigenvalue weighted by atomic mass is 32.1. The molecule has 0 saturated heterocycles. The minimum atomic E-state index is -0.607. The highest BCUT2D eigenvalue weighted by molar-refractivity contribution is 7.08. The zero-order valence-electron chi connectivity index (χ0n) is 15.2. The average molecular weight is 397 g/mol. The third-order valence-corrected chi connectivity index (χ3v) is 4.92. The molecule has 3 aromatic rings. The van der Waals surface area contributed by atoms with Crippen molar-refractivity contribution in [1.82, 2.24) is 4.57 Å². The van der Waals surface area contributed by atoms with Crippen LogP contribution < -0.4 is 5.32 Å². The van der Waals surface area contributed by atoms with Gasteiger partial charge in [-0.05, 0) is 49.1 Å².